The molecule has 0 spiro atoms. The van der Waals surface area contributed by atoms with Crippen molar-refractivity contribution < 1.29 is 23.0 Å². The van der Waals surface area contributed by atoms with Crippen LogP contribution in [-0.2, 0) is 19.5 Å². The molecule has 12 nitrogen and oxygen atoms in total. The van der Waals surface area contributed by atoms with Gasteiger partial charge >= 0.3 is 0 Å². The van der Waals surface area contributed by atoms with Crippen molar-refractivity contribution in [3.63, 3.8) is 0 Å². The Morgan fingerprint density at radius 2 is 2.14 bits per heavy atom. The fraction of sp³-hybridized carbons (Fsp3) is 0.667. The maximum atomic E-state index is 12.6. The summed E-state index contributed by atoms with van der Waals surface area (Å²) in [5, 5.41) is 10.4. The molecule has 0 bridgehead atoms. The van der Waals surface area contributed by atoms with Gasteiger partial charge in [-0.05, 0) is 12.3 Å². The van der Waals surface area contributed by atoms with Crippen LogP contribution in [0.2, 0.25) is 0 Å². The van der Waals surface area contributed by atoms with Crippen molar-refractivity contribution in [2.45, 2.75) is 62.5 Å². The maximum Gasteiger partial charge on any atom is 0.212 e. The monoisotopic (exact) mass is 527 g/mol. The first-order valence-electron chi connectivity index (χ1n) is 11.3. The molecule has 3 rings (SSSR count). The second kappa shape index (κ2) is 11.8. The lowest BCUT2D eigenvalue weighted by molar-refractivity contribution is -0.0667. The second-order valence-electron chi connectivity index (χ2n) is 8.80. The van der Waals surface area contributed by atoms with E-state index in [2.05, 4.69) is 38.2 Å². The zero-order valence-electron chi connectivity index (χ0n) is 19.7. The van der Waals surface area contributed by atoms with E-state index < -0.39 is 45.9 Å². The quantitative estimate of drug-likeness (QED) is 0.139. The van der Waals surface area contributed by atoms with Crippen LogP contribution in [0.25, 0.3) is 11.2 Å². The molecule has 0 aromatic carbocycles. The van der Waals surface area contributed by atoms with Gasteiger partial charge in [0.15, 0.2) is 17.7 Å². The average Bonchev–Trinajstić information content (AvgIpc) is 3.36. The number of anilines is 1. The van der Waals surface area contributed by atoms with Gasteiger partial charge in [0, 0.05) is 30.9 Å². The summed E-state index contributed by atoms with van der Waals surface area (Å²) in [4.78, 5) is 12.4. The summed E-state index contributed by atoms with van der Waals surface area (Å²) in [6.07, 6.45) is 5.46. The van der Waals surface area contributed by atoms with E-state index in [0.29, 0.717) is 24.0 Å². The number of hydrogen-bond acceptors (Lipinski definition) is 11. The van der Waals surface area contributed by atoms with E-state index in [1.54, 1.807) is 4.57 Å². The lowest BCUT2D eigenvalue weighted by Crippen LogP contribution is -2.45. The Labute approximate surface area is 210 Å². The predicted octanol–water partition coefficient (Wildman–Crippen LogP) is -0.333. The Hall–Kier alpha value is -1.99. The zero-order valence-corrected chi connectivity index (χ0v) is 21.4. The van der Waals surface area contributed by atoms with E-state index in [0.717, 1.165) is 0 Å². The molecule has 0 aliphatic carbocycles. The second-order valence-corrected chi connectivity index (χ2v) is 11.3. The molecule has 1 aliphatic rings. The highest BCUT2D eigenvalue weighted by Gasteiger charge is 2.46. The summed E-state index contributed by atoms with van der Waals surface area (Å²) in [7, 11) is -3.74. The minimum absolute atomic E-state index is 0.0728. The molecule has 0 saturated carbocycles. The summed E-state index contributed by atoms with van der Waals surface area (Å²) in [6, 6.07) is -0.391. The van der Waals surface area contributed by atoms with Crippen LogP contribution < -0.4 is 16.2 Å². The highest BCUT2D eigenvalue weighted by Crippen LogP contribution is 2.34. The van der Waals surface area contributed by atoms with Gasteiger partial charge in [0.2, 0.25) is 10.0 Å². The minimum Gasteiger partial charge on any atom is -0.387 e. The fourth-order valence-electron chi connectivity index (χ4n) is 3.79. The number of nitrogens with zero attached hydrogens (tertiary/aromatic N) is 4. The number of sulfonamides is 1. The zero-order chi connectivity index (χ0) is 25.8. The summed E-state index contributed by atoms with van der Waals surface area (Å²) in [6.45, 7) is 3.91. The van der Waals surface area contributed by atoms with Crippen molar-refractivity contribution in [2.75, 3.05) is 24.6 Å². The molecule has 2 aromatic heterocycles. The summed E-state index contributed by atoms with van der Waals surface area (Å²) in [5.41, 5.74) is 12.7. The van der Waals surface area contributed by atoms with E-state index in [1.807, 2.05) is 13.8 Å². The van der Waals surface area contributed by atoms with Gasteiger partial charge in [-0.25, -0.2) is 28.1 Å². The number of hydrogen-bond donors (Lipinski definition) is 5. The van der Waals surface area contributed by atoms with E-state index in [9.17, 15) is 13.5 Å². The van der Waals surface area contributed by atoms with Crippen LogP contribution in [0.5, 0.6) is 0 Å². The molecule has 14 heteroatoms. The van der Waals surface area contributed by atoms with Crippen LogP contribution in [0.15, 0.2) is 12.7 Å². The first kappa shape index (κ1) is 27.6. The Bertz CT molecular complexity index is 1140. The van der Waals surface area contributed by atoms with E-state index in [1.165, 1.54) is 12.7 Å². The van der Waals surface area contributed by atoms with E-state index in [4.69, 9.17) is 27.4 Å². The topological polar surface area (TPSA) is 180 Å². The van der Waals surface area contributed by atoms with Crippen LogP contribution in [0.3, 0.4) is 0 Å². The van der Waals surface area contributed by atoms with Gasteiger partial charge in [0.25, 0.3) is 0 Å². The number of fused-ring (bicyclic) bond motifs is 1. The van der Waals surface area contributed by atoms with Crippen LogP contribution in [0, 0.1) is 18.3 Å². The number of unbranched alkanes of at least 4 members (excludes halogenated alkanes) is 1. The maximum absolute atomic E-state index is 12.6. The minimum atomic E-state index is -3.74. The van der Waals surface area contributed by atoms with Crippen molar-refractivity contribution in [1.29, 1.82) is 0 Å². The molecule has 1 saturated heterocycles. The Kier molecular flexibility index (Phi) is 9.33. The third-order valence-electron chi connectivity index (χ3n) is 5.86. The average molecular weight is 528 g/mol. The Morgan fingerprint density at radius 3 is 2.83 bits per heavy atom. The van der Waals surface area contributed by atoms with Crippen LogP contribution in [-0.4, -0.2) is 81.6 Å². The molecule has 3 heterocycles. The predicted molar refractivity (Wildman–Crippen MR) is 135 cm³/mol. The molecular weight excluding hydrogens is 494 g/mol. The molecule has 0 radical (unpaired) electrons. The first-order chi connectivity index (χ1) is 16.6. The standard InChI is InChI=1S/C21H33N7O5S2/c1-4-5-6-7-32-18-17(29)13(8-27-35(30,31)9-14(34)15(22)12(2)3)33-21(18)28-11-26-16-19(23)24-10-25-20(16)28/h1,10-15,17-18,21,27,29,34H,5-9,22H2,2-3H3,(H2,23,24,25)/t13-,14?,15?,17-,18-,21-/m1/s1. The Balaban J connectivity index is 1.75. The first-order valence-corrected chi connectivity index (χ1v) is 13.4. The number of nitrogens with one attached hydrogen (secondary N) is 1. The molecule has 6 N–H and O–H groups in total. The molecule has 35 heavy (non-hydrogen) atoms. The summed E-state index contributed by atoms with van der Waals surface area (Å²) in [5.74, 6) is 2.54. The summed E-state index contributed by atoms with van der Waals surface area (Å²) >= 11 is 4.35. The van der Waals surface area contributed by atoms with Gasteiger partial charge in [-0.15, -0.1) is 12.3 Å². The van der Waals surface area contributed by atoms with E-state index in [-0.39, 0.29) is 30.6 Å². The number of rotatable bonds is 12. The van der Waals surface area contributed by atoms with Crippen LogP contribution in [0.1, 0.15) is 32.9 Å². The smallest absolute Gasteiger partial charge is 0.212 e. The molecule has 1 fully saturated rings. The molecule has 2 unspecified atom stereocenters. The van der Waals surface area contributed by atoms with Gasteiger partial charge in [-0.1, -0.05) is 13.8 Å². The number of nitrogen functional groups attached to an aromatic ring is 1. The molecule has 2 aromatic rings. The van der Waals surface area contributed by atoms with E-state index >= 15 is 0 Å². The number of thiol groups is 1. The molecule has 194 valence electrons. The third kappa shape index (κ3) is 6.62. The third-order valence-corrected chi connectivity index (χ3v) is 8.04. The SMILES string of the molecule is C#CCCCO[C@@H]1[C@H](O)[C@@H](CNS(=O)(=O)CC(S)C(N)C(C)C)O[C@H]1n1cnc2c(N)ncnc21. The number of terminal acetylenes is 1. The number of aliphatic hydroxyl groups is 1. The van der Waals surface area contributed by atoms with Crippen LogP contribution >= 0.6 is 12.6 Å². The lowest BCUT2D eigenvalue weighted by atomic mass is 10.0. The highest BCUT2D eigenvalue weighted by atomic mass is 32.2. The van der Waals surface area contributed by atoms with Gasteiger partial charge in [0.05, 0.1) is 12.1 Å². The molecule has 6 atom stereocenters. The number of nitrogens with two attached hydrogens (primary N) is 2. The van der Waals surface area contributed by atoms with Crippen molar-refractivity contribution in [1.82, 2.24) is 24.2 Å². The van der Waals surface area contributed by atoms with Crippen molar-refractivity contribution >= 4 is 39.6 Å². The normalized spacial score (nSPS) is 24.6. The largest absolute Gasteiger partial charge is 0.387 e. The summed E-state index contributed by atoms with van der Waals surface area (Å²) < 4.78 is 41.3. The van der Waals surface area contributed by atoms with Gasteiger partial charge < -0.3 is 26.0 Å². The van der Waals surface area contributed by atoms with Crippen LogP contribution in [0.4, 0.5) is 5.82 Å². The molecular formula is C21H33N7O5S2. The number of aromatic nitrogens is 4. The van der Waals surface area contributed by atoms with Crippen molar-refractivity contribution in [3.8, 4) is 12.3 Å². The van der Waals surface area contributed by atoms with Crippen molar-refractivity contribution in [3.05, 3.63) is 12.7 Å². The number of aliphatic hydroxyl groups excluding tert-OH is 1. The molecule has 1 aliphatic heterocycles. The van der Waals surface area contributed by atoms with Gasteiger partial charge in [0.1, 0.15) is 30.2 Å². The number of ether oxygens (including phenoxy) is 2. The van der Waals surface area contributed by atoms with Gasteiger partial charge in [-0.2, -0.15) is 12.6 Å². The van der Waals surface area contributed by atoms with Crippen molar-refractivity contribution in [2.24, 2.45) is 11.7 Å². The van der Waals surface area contributed by atoms with Gasteiger partial charge in [-0.3, -0.25) is 4.57 Å². The number of imidazole rings is 1. The molecule has 0 amide bonds. The highest BCUT2D eigenvalue weighted by molar-refractivity contribution is 7.91. The fourth-order valence-corrected chi connectivity index (χ4v) is 5.93. The Morgan fingerprint density at radius 1 is 1.40 bits per heavy atom. The lowest BCUT2D eigenvalue weighted by Gasteiger charge is -2.23.